The number of sulfonamides is 1. The van der Waals surface area contributed by atoms with Crippen LogP contribution < -0.4 is 5.73 Å². The van der Waals surface area contributed by atoms with Crippen LogP contribution in [-0.2, 0) is 16.6 Å². The highest BCUT2D eigenvalue weighted by Crippen LogP contribution is 2.29. The molecule has 1 aliphatic heterocycles. The minimum atomic E-state index is -3.52. The van der Waals surface area contributed by atoms with E-state index >= 15 is 0 Å². The van der Waals surface area contributed by atoms with Crippen molar-refractivity contribution in [1.82, 2.24) is 13.9 Å². The molecular weight excluding hydrogens is 264 g/mol. The molecule has 0 saturated carbocycles. The van der Waals surface area contributed by atoms with Gasteiger partial charge in [-0.05, 0) is 26.2 Å². The van der Waals surface area contributed by atoms with Crippen LogP contribution >= 0.6 is 0 Å². The molecule has 1 aromatic heterocycles. The number of hydrogen-bond donors (Lipinski definition) is 1. The van der Waals surface area contributed by atoms with Crippen LogP contribution in [0.3, 0.4) is 0 Å². The molecule has 2 unspecified atom stereocenters. The Morgan fingerprint density at radius 1 is 1.53 bits per heavy atom. The summed E-state index contributed by atoms with van der Waals surface area (Å²) in [5.41, 5.74) is 5.72. The summed E-state index contributed by atoms with van der Waals surface area (Å²) in [5, 5.41) is 0.138. The average Bonchev–Trinajstić information content (AvgIpc) is 2.92. The molecule has 108 valence electrons. The standard InChI is InChI=1S/C12H22N4O2S/c1-4-15-8-12(14-10(15)3)19(17,18)16-6-5-9(2)11(16)7-13/h8-9,11H,4-7,13H2,1-3H3. The van der Waals surface area contributed by atoms with Crippen molar-refractivity contribution in [2.24, 2.45) is 11.7 Å². The molecule has 7 heteroatoms. The Morgan fingerprint density at radius 2 is 2.21 bits per heavy atom. The summed E-state index contributed by atoms with van der Waals surface area (Å²) < 4.78 is 28.6. The Bertz CT molecular complexity index is 552. The highest BCUT2D eigenvalue weighted by Gasteiger charge is 2.39. The lowest BCUT2D eigenvalue weighted by molar-refractivity contribution is 0.353. The van der Waals surface area contributed by atoms with E-state index in [0.717, 1.165) is 12.2 Å². The van der Waals surface area contributed by atoms with Crippen molar-refractivity contribution in [2.75, 3.05) is 13.1 Å². The number of imidazole rings is 1. The maximum absolute atomic E-state index is 12.6. The van der Waals surface area contributed by atoms with Gasteiger partial charge in [0.1, 0.15) is 5.82 Å². The smallest absolute Gasteiger partial charge is 0.262 e. The van der Waals surface area contributed by atoms with E-state index in [9.17, 15) is 8.42 Å². The lowest BCUT2D eigenvalue weighted by atomic mass is 10.0. The SMILES string of the molecule is CCn1cc(S(=O)(=O)N2CCC(C)C2CN)nc1C. The van der Waals surface area contributed by atoms with E-state index in [-0.39, 0.29) is 11.1 Å². The first-order chi connectivity index (χ1) is 8.91. The summed E-state index contributed by atoms with van der Waals surface area (Å²) in [7, 11) is -3.52. The zero-order valence-corrected chi connectivity index (χ0v) is 12.5. The fourth-order valence-corrected chi connectivity index (χ4v) is 4.41. The molecule has 0 amide bonds. The van der Waals surface area contributed by atoms with Crippen LogP contribution in [0.4, 0.5) is 0 Å². The molecule has 2 atom stereocenters. The van der Waals surface area contributed by atoms with Crippen molar-refractivity contribution in [3.63, 3.8) is 0 Å². The highest BCUT2D eigenvalue weighted by molar-refractivity contribution is 7.89. The maximum atomic E-state index is 12.6. The van der Waals surface area contributed by atoms with Gasteiger partial charge >= 0.3 is 0 Å². The molecule has 2 N–H and O–H groups in total. The molecule has 0 aromatic carbocycles. The van der Waals surface area contributed by atoms with E-state index in [4.69, 9.17) is 5.73 Å². The molecule has 1 saturated heterocycles. The Hall–Kier alpha value is -0.920. The molecule has 19 heavy (non-hydrogen) atoms. The molecule has 0 bridgehead atoms. The molecule has 0 radical (unpaired) electrons. The number of hydrogen-bond acceptors (Lipinski definition) is 4. The van der Waals surface area contributed by atoms with Crippen LogP contribution in [0.1, 0.15) is 26.1 Å². The predicted octanol–water partition coefficient (Wildman–Crippen LogP) is 0.569. The first kappa shape index (κ1) is 14.5. The molecule has 2 heterocycles. The summed E-state index contributed by atoms with van der Waals surface area (Å²) >= 11 is 0. The highest BCUT2D eigenvalue weighted by atomic mass is 32.2. The number of nitrogens with two attached hydrogens (primary N) is 1. The first-order valence-electron chi connectivity index (χ1n) is 6.67. The second-order valence-corrected chi connectivity index (χ2v) is 6.93. The van der Waals surface area contributed by atoms with E-state index in [2.05, 4.69) is 4.98 Å². The second kappa shape index (κ2) is 5.22. The number of aryl methyl sites for hydroxylation is 2. The van der Waals surface area contributed by atoms with Crippen molar-refractivity contribution >= 4 is 10.0 Å². The van der Waals surface area contributed by atoms with E-state index in [0.29, 0.717) is 25.6 Å². The Labute approximate surface area is 114 Å². The van der Waals surface area contributed by atoms with Gasteiger partial charge in [0.2, 0.25) is 0 Å². The summed E-state index contributed by atoms with van der Waals surface area (Å²) in [6.07, 6.45) is 2.47. The Morgan fingerprint density at radius 3 is 2.74 bits per heavy atom. The normalized spacial score (nSPS) is 25.1. The van der Waals surface area contributed by atoms with Crippen LogP contribution in [0.2, 0.25) is 0 Å². The molecule has 0 spiro atoms. The van der Waals surface area contributed by atoms with Crippen molar-refractivity contribution in [3.8, 4) is 0 Å². The maximum Gasteiger partial charge on any atom is 0.262 e. The summed E-state index contributed by atoms with van der Waals surface area (Å²) in [6.45, 7) is 7.42. The zero-order valence-electron chi connectivity index (χ0n) is 11.7. The van der Waals surface area contributed by atoms with Crippen LogP contribution in [0.15, 0.2) is 11.2 Å². The third-order valence-electron chi connectivity index (χ3n) is 3.94. The summed E-state index contributed by atoms with van der Waals surface area (Å²) in [6, 6.07) is -0.114. The third-order valence-corrected chi connectivity index (χ3v) is 5.74. The first-order valence-corrected chi connectivity index (χ1v) is 8.11. The third kappa shape index (κ3) is 2.42. The van der Waals surface area contributed by atoms with Gasteiger partial charge in [0.25, 0.3) is 10.0 Å². The van der Waals surface area contributed by atoms with Crippen LogP contribution in [0.5, 0.6) is 0 Å². The number of rotatable bonds is 4. The van der Waals surface area contributed by atoms with Gasteiger partial charge in [0, 0.05) is 31.9 Å². The molecule has 0 aliphatic carbocycles. The molecule has 1 aromatic rings. The van der Waals surface area contributed by atoms with Gasteiger partial charge in [-0.2, -0.15) is 4.31 Å². The van der Waals surface area contributed by atoms with Gasteiger partial charge in [-0.15, -0.1) is 0 Å². The van der Waals surface area contributed by atoms with E-state index in [1.807, 2.05) is 25.3 Å². The topological polar surface area (TPSA) is 81.2 Å². The lowest BCUT2D eigenvalue weighted by Crippen LogP contribution is -2.42. The predicted molar refractivity (Wildman–Crippen MR) is 73.2 cm³/mol. The molecular formula is C12H22N4O2S. The fraction of sp³-hybridized carbons (Fsp3) is 0.750. The molecule has 1 fully saturated rings. The van der Waals surface area contributed by atoms with Gasteiger partial charge in [-0.1, -0.05) is 6.92 Å². The van der Waals surface area contributed by atoms with Crippen LogP contribution in [-0.4, -0.2) is 41.4 Å². The van der Waals surface area contributed by atoms with Crippen molar-refractivity contribution in [1.29, 1.82) is 0 Å². The van der Waals surface area contributed by atoms with Gasteiger partial charge < -0.3 is 10.3 Å². The quantitative estimate of drug-likeness (QED) is 0.877. The van der Waals surface area contributed by atoms with Crippen molar-refractivity contribution < 1.29 is 8.42 Å². The van der Waals surface area contributed by atoms with Crippen molar-refractivity contribution in [3.05, 3.63) is 12.0 Å². The van der Waals surface area contributed by atoms with E-state index in [1.165, 1.54) is 4.31 Å². The minimum absolute atomic E-state index is 0.114. The monoisotopic (exact) mass is 286 g/mol. The minimum Gasteiger partial charge on any atom is -0.334 e. The molecule has 2 rings (SSSR count). The summed E-state index contributed by atoms with van der Waals surface area (Å²) in [5.74, 6) is 1.02. The second-order valence-electron chi connectivity index (χ2n) is 5.10. The Balaban J connectivity index is 2.36. The summed E-state index contributed by atoms with van der Waals surface area (Å²) in [4.78, 5) is 4.18. The van der Waals surface area contributed by atoms with Crippen LogP contribution in [0, 0.1) is 12.8 Å². The van der Waals surface area contributed by atoms with Gasteiger partial charge in [-0.3, -0.25) is 0 Å². The molecule has 1 aliphatic rings. The van der Waals surface area contributed by atoms with Crippen molar-refractivity contribution in [2.45, 2.75) is 44.8 Å². The fourth-order valence-electron chi connectivity index (χ4n) is 2.67. The number of aromatic nitrogens is 2. The Kier molecular flexibility index (Phi) is 3.98. The largest absolute Gasteiger partial charge is 0.334 e. The van der Waals surface area contributed by atoms with E-state index < -0.39 is 10.0 Å². The van der Waals surface area contributed by atoms with E-state index in [1.54, 1.807) is 6.20 Å². The number of nitrogens with zero attached hydrogens (tertiary/aromatic N) is 3. The van der Waals surface area contributed by atoms with Gasteiger partial charge in [0.15, 0.2) is 5.03 Å². The lowest BCUT2D eigenvalue weighted by Gasteiger charge is -2.23. The van der Waals surface area contributed by atoms with Gasteiger partial charge in [-0.25, -0.2) is 13.4 Å². The average molecular weight is 286 g/mol. The van der Waals surface area contributed by atoms with Crippen LogP contribution in [0.25, 0.3) is 0 Å². The van der Waals surface area contributed by atoms with Gasteiger partial charge in [0.05, 0.1) is 0 Å². The zero-order chi connectivity index (χ0) is 14.2. The molecule has 6 nitrogen and oxygen atoms in total.